The molecule has 2 aromatic rings. The minimum Gasteiger partial charge on any atom is -0.481 e. The third kappa shape index (κ3) is 3.36. The van der Waals surface area contributed by atoms with Crippen molar-refractivity contribution < 1.29 is 23.8 Å². The van der Waals surface area contributed by atoms with Gasteiger partial charge in [0, 0.05) is 19.0 Å². The van der Waals surface area contributed by atoms with Gasteiger partial charge in [0.15, 0.2) is 0 Å². The highest BCUT2D eigenvalue weighted by Crippen LogP contribution is 2.33. The minimum atomic E-state index is -0.940. The first-order valence-electron chi connectivity index (χ1n) is 7.37. The van der Waals surface area contributed by atoms with Crippen LogP contribution in [0.1, 0.15) is 17.2 Å². The highest BCUT2D eigenvalue weighted by molar-refractivity contribution is 5.75. The maximum absolute atomic E-state index is 12.2. The highest BCUT2D eigenvalue weighted by atomic mass is 16.6. The van der Waals surface area contributed by atoms with Gasteiger partial charge >= 0.3 is 12.1 Å². The summed E-state index contributed by atoms with van der Waals surface area (Å²) in [5.74, 6) is -1.40. The van der Waals surface area contributed by atoms with Crippen LogP contribution in [0.4, 0.5) is 4.79 Å². The number of furan rings is 1. The molecule has 1 N–H and O–H groups in total. The smallest absolute Gasteiger partial charge is 0.410 e. The van der Waals surface area contributed by atoms with E-state index in [0.29, 0.717) is 5.76 Å². The van der Waals surface area contributed by atoms with Gasteiger partial charge in [-0.2, -0.15) is 0 Å². The molecule has 1 fully saturated rings. The van der Waals surface area contributed by atoms with Crippen LogP contribution in [0, 0.1) is 5.92 Å². The van der Waals surface area contributed by atoms with Gasteiger partial charge in [-0.15, -0.1) is 0 Å². The highest BCUT2D eigenvalue weighted by Gasteiger charge is 2.42. The lowest BCUT2D eigenvalue weighted by Crippen LogP contribution is -2.30. The molecule has 0 saturated carbocycles. The van der Waals surface area contributed by atoms with Crippen molar-refractivity contribution in [1.29, 1.82) is 0 Å². The fourth-order valence-corrected chi connectivity index (χ4v) is 2.80. The molecule has 6 heteroatoms. The molecule has 23 heavy (non-hydrogen) atoms. The number of hydrogen-bond donors (Lipinski definition) is 1. The van der Waals surface area contributed by atoms with Gasteiger partial charge in [0.2, 0.25) is 0 Å². The first-order valence-corrected chi connectivity index (χ1v) is 7.37. The largest absolute Gasteiger partial charge is 0.481 e. The zero-order chi connectivity index (χ0) is 16.2. The molecule has 1 aliphatic heterocycles. The van der Waals surface area contributed by atoms with E-state index in [-0.39, 0.29) is 25.6 Å². The molecule has 6 nitrogen and oxygen atoms in total. The number of nitrogens with zero attached hydrogens (tertiary/aromatic N) is 1. The van der Waals surface area contributed by atoms with Crippen molar-refractivity contribution in [3.8, 4) is 0 Å². The van der Waals surface area contributed by atoms with Gasteiger partial charge < -0.3 is 19.2 Å². The van der Waals surface area contributed by atoms with E-state index in [4.69, 9.17) is 9.15 Å². The Labute approximate surface area is 133 Å². The van der Waals surface area contributed by atoms with Crippen molar-refractivity contribution in [2.75, 3.05) is 13.1 Å². The van der Waals surface area contributed by atoms with Crippen LogP contribution in [0.15, 0.2) is 53.1 Å². The number of rotatable bonds is 4. The Morgan fingerprint density at radius 1 is 1.17 bits per heavy atom. The number of likely N-dealkylation sites (tertiary alicyclic amines) is 1. The van der Waals surface area contributed by atoms with E-state index in [0.717, 1.165) is 5.56 Å². The summed E-state index contributed by atoms with van der Waals surface area (Å²) in [4.78, 5) is 25.0. The maximum Gasteiger partial charge on any atom is 0.410 e. The fourth-order valence-electron chi connectivity index (χ4n) is 2.80. The average Bonchev–Trinajstić information content (AvgIpc) is 3.22. The van der Waals surface area contributed by atoms with Crippen molar-refractivity contribution in [3.63, 3.8) is 0 Å². The van der Waals surface area contributed by atoms with Crippen molar-refractivity contribution in [2.24, 2.45) is 5.92 Å². The Balaban J connectivity index is 1.64. The number of aliphatic carboxylic acids is 1. The molecule has 1 aromatic heterocycles. The van der Waals surface area contributed by atoms with Crippen molar-refractivity contribution in [2.45, 2.75) is 12.5 Å². The van der Waals surface area contributed by atoms with Gasteiger partial charge in [0.05, 0.1) is 12.2 Å². The summed E-state index contributed by atoms with van der Waals surface area (Å²) in [7, 11) is 0. The molecule has 2 unspecified atom stereocenters. The number of carboxylic acid groups (broad SMARTS) is 1. The molecule has 2 atom stereocenters. The van der Waals surface area contributed by atoms with E-state index < -0.39 is 18.0 Å². The third-order valence-electron chi connectivity index (χ3n) is 4.01. The van der Waals surface area contributed by atoms with Gasteiger partial charge in [-0.25, -0.2) is 4.79 Å². The van der Waals surface area contributed by atoms with Gasteiger partial charge in [0.1, 0.15) is 12.4 Å². The Morgan fingerprint density at radius 3 is 2.61 bits per heavy atom. The molecule has 0 spiro atoms. The number of hydrogen-bond acceptors (Lipinski definition) is 4. The van der Waals surface area contributed by atoms with Crippen LogP contribution < -0.4 is 0 Å². The lowest BCUT2D eigenvalue weighted by Gasteiger charge is -2.15. The van der Waals surface area contributed by atoms with Crippen LogP contribution in [0.3, 0.4) is 0 Å². The topological polar surface area (TPSA) is 80.0 Å². The van der Waals surface area contributed by atoms with E-state index in [9.17, 15) is 14.7 Å². The molecule has 120 valence electrons. The number of carbonyl (C=O) groups is 2. The number of amides is 1. The molecule has 3 rings (SSSR count). The second kappa shape index (κ2) is 6.56. The molecule has 1 aromatic carbocycles. The van der Waals surface area contributed by atoms with Crippen molar-refractivity contribution in [1.82, 2.24) is 4.90 Å². The zero-order valence-corrected chi connectivity index (χ0v) is 12.4. The monoisotopic (exact) mass is 315 g/mol. The number of carboxylic acids is 1. The maximum atomic E-state index is 12.2. The van der Waals surface area contributed by atoms with Gasteiger partial charge in [-0.3, -0.25) is 4.79 Å². The average molecular weight is 315 g/mol. The Kier molecular flexibility index (Phi) is 4.32. The Morgan fingerprint density at radius 2 is 1.96 bits per heavy atom. The lowest BCUT2D eigenvalue weighted by molar-refractivity contribution is -0.141. The molecule has 1 saturated heterocycles. The zero-order valence-electron chi connectivity index (χ0n) is 12.4. The molecular formula is C17H17NO5. The van der Waals surface area contributed by atoms with E-state index in [1.807, 2.05) is 30.3 Å². The summed E-state index contributed by atoms with van der Waals surface area (Å²) >= 11 is 0. The van der Waals surface area contributed by atoms with E-state index >= 15 is 0 Å². The normalized spacial score (nSPS) is 20.4. The first kappa shape index (κ1) is 15.1. The predicted molar refractivity (Wildman–Crippen MR) is 80.8 cm³/mol. The third-order valence-corrected chi connectivity index (χ3v) is 4.01. The van der Waals surface area contributed by atoms with Crippen LogP contribution in [-0.4, -0.2) is 35.2 Å². The molecular weight excluding hydrogens is 298 g/mol. The summed E-state index contributed by atoms with van der Waals surface area (Å²) in [6.07, 6.45) is 0.999. The summed E-state index contributed by atoms with van der Waals surface area (Å²) in [6, 6.07) is 12.8. The molecule has 0 aliphatic carbocycles. The molecule has 0 bridgehead atoms. The number of benzene rings is 1. The first-order chi connectivity index (χ1) is 11.1. The van der Waals surface area contributed by atoms with Crippen LogP contribution in [-0.2, 0) is 16.1 Å². The van der Waals surface area contributed by atoms with E-state index in [2.05, 4.69) is 0 Å². The second-order valence-corrected chi connectivity index (χ2v) is 5.51. The Hall–Kier alpha value is -2.76. The number of ether oxygens (including phenoxy) is 1. The summed E-state index contributed by atoms with van der Waals surface area (Å²) < 4.78 is 10.6. The van der Waals surface area contributed by atoms with Crippen LogP contribution in [0.2, 0.25) is 0 Å². The quantitative estimate of drug-likeness (QED) is 0.938. The van der Waals surface area contributed by atoms with Gasteiger partial charge in [0.25, 0.3) is 0 Å². The minimum absolute atomic E-state index is 0.119. The number of carbonyl (C=O) groups excluding carboxylic acids is 1. The van der Waals surface area contributed by atoms with Gasteiger partial charge in [-0.05, 0) is 17.7 Å². The van der Waals surface area contributed by atoms with E-state index in [1.54, 1.807) is 12.1 Å². The van der Waals surface area contributed by atoms with Crippen molar-refractivity contribution in [3.05, 3.63) is 60.1 Å². The van der Waals surface area contributed by atoms with Gasteiger partial charge in [-0.1, -0.05) is 30.3 Å². The van der Waals surface area contributed by atoms with Crippen LogP contribution >= 0.6 is 0 Å². The lowest BCUT2D eigenvalue weighted by atomic mass is 9.94. The molecule has 1 aliphatic rings. The Bertz CT molecular complexity index is 668. The summed E-state index contributed by atoms with van der Waals surface area (Å²) in [5, 5.41) is 9.37. The van der Waals surface area contributed by atoms with Crippen LogP contribution in [0.5, 0.6) is 0 Å². The molecule has 2 heterocycles. The fraction of sp³-hybridized carbons (Fsp3) is 0.294. The summed E-state index contributed by atoms with van der Waals surface area (Å²) in [5.41, 5.74) is 0.886. The van der Waals surface area contributed by atoms with Crippen molar-refractivity contribution >= 4 is 12.1 Å². The molecule has 0 radical (unpaired) electrons. The van der Waals surface area contributed by atoms with Crippen LogP contribution in [0.25, 0.3) is 0 Å². The summed E-state index contributed by atoms with van der Waals surface area (Å²) in [6.45, 7) is 0.561. The van der Waals surface area contributed by atoms with E-state index in [1.165, 1.54) is 11.2 Å². The molecule has 1 amide bonds. The second-order valence-electron chi connectivity index (χ2n) is 5.51. The standard InChI is InChI=1S/C17H17NO5/c19-16(20)14-10-18(9-13(14)15-7-4-8-22-15)17(21)23-11-12-5-2-1-3-6-12/h1-8,13-14H,9-11H2,(H,19,20). The SMILES string of the molecule is O=C(O)C1CN(C(=O)OCc2ccccc2)CC1c1ccco1. The predicted octanol–water partition coefficient (Wildman–Crippen LogP) is 2.72.